The van der Waals surface area contributed by atoms with Gasteiger partial charge in [-0.05, 0) is 6.42 Å². The van der Waals surface area contributed by atoms with Crippen LogP contribution in [0.1, 0.15) is 77.6 Å². The van der Waals surface area contributed by atoms with Crippen molar-refractivity contribution in [2.45, 2.75) is 86.7 Å². The highest BCUT2D eigenvalue weighted by Crippen LogP contribution is 2.34. The van der Waals surface area contributed by atoms with Gasteiger partial charge in [0.15, 0.2) is 3.79 Å². The fourth-order valence-corrected chi connectivity index (χ4v) is 3.21. The van der Waals surface area contributed by atoms with Gasteiger partial charge in [0.25, 0.3) is 0 Å². The Bertz CT molecular complexity index is 177. The van der Waals surface area contributed by atoms with Gasteiger partial charge in [-0.1, -0.05) is 99.5 Å². The van der Waals surface area contributed by atoms with Crippen LogP contribution in [0.25, 0.3) is 0 Å². The van der Waals surface area contributed by atoms with Crippen LogP contribution in [-0.2, 0) is 0 Å². The fourth-order valence-electron chi connectivity index (χ4n) is 2.03. The van der Waals surface area contributed by atoms with Crippen LogP contribution in [0.2, 0.25) is 0 Å². The average Bonchev–Trinajstić information content (AvgIpc) is 2.24. The molecule has 0 heterocycles. The minimum atomic E-state index is -1.20. The first kappa shape index (κ1) is 19.2. The number of hydrogen-bond donors (Lipinski definition) is 0. The molecule has 110 valence electrons. The number of unbranched alkanes of at least 4 members (excludes halogenated alkanes) is 8. The van der Waals surface area contributed by atoms with Crippen LogP contribution in [0.3, 0.4) is 0 Å². The van der Waals surface area contributed by atoms with Gasteiger partial charge < -0.3 is 0 Å². The Kier molecular flexibility index (Phi) is 12.7. The third-order valence-corrected chi connectivity index (χ3v) is 3.91. The average molecular weight is 336 g/mol. The maximum Gasteiger partial charge on any atom is 0.192 e. The molecule has 0 aliphatic heterocycles. The van der Waals surface area contributed by atoms with E-state index in [-0.39, 0.29) is 5.38 Å². The van der Waals surface area contributed by atoms with E-state index < -0.39 is 3.79 Å². The van der Waals surface area contributed by atoms with Crippen molar-refractivity contribution in [2.75, 3.05) is 0 Å². The van der Waals surface area contributed by atoms with Crippen LogP contribution < -0.4 is 0 Å². The van der Waals surface area contributed by atoms with Crippen molar-refractivity contribution >= 4 is 46.4 Å². The van der Waals surface area contributed by atoms with Crippen molar-refractivity contribution < 1.29 is 0 Å². The highest BCUT2D eigenvalue weighted by molar-refractivity contribution is 6.67. The number of halogens is 4. The van der Waals surface area contributed by atoms with E-state index in [1.807, 2.05) is 0 Å². The summed E-state index contributed by atoms with van der Waals surface area (Å²) >= 11 is 23.2. The Morgan fingerprint density at radius 1 is 0.778 bits per heavy atom. The lowest BCUT2D eigenvalue weighted by Crippen LogP contribution is -2.11. The largest absolute Gasteiger partial charge is 0.192 e. The quantitative estimate of drug-likeness (QED) is 0.275. The van der Waals surface area contributed by atoms with E-state index in [1.165, 1.54) is 51.4 Å². The molecule has 0 amide bonds. The predicted molar refractivity (Wildman–Crippen MR) is 86.4 cm³/mol. The van der Waals surface area contributed by atoms with E-state index in [1.54, 1.807) is 0 Å². The molecule has 0 aliphatic rings. The molecule has 0 N–H and O–H groups in total. The summed E-state index contributed by atoms with van der Waals surface area (Å²) in [6.07, 6.45) is 13.3. The van der Waals surface area contributed by atoms with Crippen molar-refractivity contribution in [3.8, 4) is 0 Å². The van der Waals surface area contributed by atoms with E-state index in [4.69, 9.17) is 46.4 Å². The maximum atomic E-state index is 6.11. The third-order valence-electron chi connectivity index (χ3n) is 3.07. The molecule has 0 aromatic rings. The van der Waals surface area contributed by atoms with Gasteiger partial charge in [0.2, 0.25) is 0 Å². The standard InChI is InChI=1S/C14H26Cl4/c1-2-3-4-5-6-7-8-9-10-11-13(15)12-14(16,17)18/h13H,2-12H2,1H3/t13-/m1/s1. The van der Waals surface area contributed by atoms with Gasteiger partial charge in [-0.25, -0.2) is 0 Å². The molecule has 1 atom stereocenters. The summed E-state index contributed by atoms with van der Waals surface area (Å²) in [6.45, 7) is 2.25. The zero-order valence-electron chi connectivity index (χ0n) is 11.4. The van der Waals surface area contributed by atoms with Gasteiger partial charge >= 0.3 is 0 Å². The van der Waals surface area contributed by atoms with Crippen LogP contribution in [-0.4, -0.2) is 9.17 Å². The van der Waals surface area contributed by atoms with Gasteiger partial charge in [-0.3, -0.25) is 0 Å². The van der Waals surface area contributed by atoms with Crippen molar-refractivity contribution in [3.63, 3.8) is 0 Å². The Hall–Kier alpha value is 1.16. The molecular formula is C14H26Cl4. The van der Waals surface area contributed by atoms with E-state index in [2.05, 4.69) is 6.92 Å². The lowest BCUT2D eigenvalue weighted by molar-refractivity contribution is 0.547. The molecule has 0 aromatic heterocycles. The van der Waals surface area contributed by atoms with Crippen molar-refractivity contribution in [3.05, 3.63) is 0 Å². The molecule has 0 spiro atoms. The highest BCUT2D eigenvalue weighted by atomic mass is 35.6. The predicted octanol–water partition coefficient (Wildman–Crippen LogP) is 7.28. The van der Waals surface area contributed by atoms with Crippen molar-refractivity contribution in [2.24, 2.45) is 0 Å². The molecule has 0 radical (unpaired) electrons. The molecule has 0 rings (SSSR count). The summed E-state index contributed by atoms with van der Waals surface area (Å²) in [7, 11) is 0. The van der Waals surface area contributed by atoms with E-state index in [9.17, 15) is 0 Å². The molecule has 4 heteroatoms. The summed E-state index contributed by atoms with van der Waals surface area (Å²) < 4.78 is -1.20. The molecule has 0 unspecified atom stereocenters. The smallest absolute Gasteiger partial charge is 0.123 e. The van der Waals surface area contributed by atoms with Crippen LogP contribution >= 0.6 is 46.4 Å². The number of alkyl halides is 4. The number of hydrogen-bond acceptors (Lipinski definition) is 0. The minimum absolute atomic E-state index is 0.0120. The summed E-state index contributed by atoms with van der Waals surface area (Å²) in [5, 5.41) is -0.0120. The van der Waals surface area contributed by atoms with Gasteiger partial charge in [0.05, 0.1) is 0 Å². The summed E-state index contributed by atoms with van der Waals surface area (Å²) in [6, 6.07) is 0. The van der Waals surface area contributed by atoms with Crippen LogP contribution in [0, 0.1) is 0 Å². The second-order valence-electron chi connectivity index (χ2n) is 5.03. The van der Waals surface area contributed by atoms with E-state index in [0.717, 1.165) is 12.8 Å². The SMILES string of the molecule is CCCCCCCCCCC[C@@H](Cl)CC(Cl)(Cl)Cl. The van der Waals surface area contributed by atoms with E-state index in [0.29, 0.717) is 6.42 Å². The third kappa shape index (κ3) is 15.2. The van der Waals surface area contributed by atoms with Gasteiger partial charge in [-0.15, -0.1) is 11.6 Å². The van der Waals surface area contributed by atoms with Gasteiger partial charge in [0.1, 0.15) is 0 Å². The second-order valence-corrected chi connectivity index (χ2v) is 8.17. The van der Waals surface area contributed by atoms with E-state index >= 15 is 0 Å². The summed E-state index contributed by atoms with van der Waals surface area (Å²) in [4.78, 5) is 0. The molecule has 0 nitrogen and oxygen atoms in total. The molecule has 0 fully saturated rings. The van der Waals surface area contributed by atoms with Crippen LogP contribution in [0.4, 0.5) is 0 Å². The van der Waals surface area contributed by atoms with Crippen molar-refractivity contribution in [1.29, 1.82) is 0 Å². The molecule has 0 saturated carbocycles. The second kappa shape index (κ2) is 11.9. The number of rotatable bonds is 11. The zero-order chi connectivity index (χ0) is 13.9. The first-order chi connectivity index (χ1) is 8.45. The normalized spacial score (nSPS) is 13.8. The maximum absolute atomic E-state index is 6.11. The lowest BCUT2D eigenvalue weighted by Gasteiger charge is -2.15. The summed E-state index contributed by atoms with van der Waals surface area (Å²) in [5.74, 6) is 0. The van der Waals surface area contributed by atoms with Crippen LogP contribution in [0.5, 0.6) is 0 Å². The monoisotopic (exact) mass is 334 g/mol. The fraction of sp³-hybridized carbons (Fsp3) is 1.00. The Balaban J connectivity index is 3.20. The Morgan fingerprint density at radius 2 is 1.22 bits per heavy atom. The Labute approximate surface area is 133 Å². The molecule has 0 bridgehead atoms. The first-order valence-electron chi connectivity index (χ1n) is 7.16. The van der Waals surface area contributed by atoms with Crippen molar-refractivity contribution in [1.82, 2.24) is 0 Å². The minimum Gasteiger partial charge on any atom is -0.123 e. The Morgan fingerprint density at radius 3 is 1.67 bits per heavy atom. The molecule has 18 heavy (non-hydrogen) atoms. The lowest BCUT2D eigenvalue weighted by atomic mass is 10.1. The molecular weight excluding hydrogens is 310 g/mol. The highest BCUT2D eigenvalue weighted by Gasteiger charge is 2.23. The molecule has 0 aromatic carbocycles. The molecule has 0 saturated heterocycles. The first-order valence-corrected chi connectivity index (χ1v) is 8.73. The van der Waals surface area contributed by atoms with Gasteiger partial charge in [-0.2, -0.15) is 0 Å². The van der Waals surface area contributed by atoms with Crippen LogP contribution in [0.15, 0.2) is 0 Å². The van der Waals surface area contributed by atoms with Gasteiger partial charge in [0, 0.05) is 11.8 Å². The topological polar surface area (TPSA) is 0 Å². The summed E-state index contributed by atoms with van der Waals surface area (Å²) in [5.41, 5.74) is 0. The zero-order valence-corrected chi connectivity index (χ0v) is 14.4. The molecule has 0 aliphatic carbocycles.